The lowest BCUT2D eigenvalue weighted by Gasteiger charge is -2.19. The molecular formula is C4H12NOP. The van der Waals surface area contributed by atoms with Crippen LogP contribution >= 0.6 is 8.30 Å². The smallest absolute Gasteiger partial charge is 0.101 e. The van der Waals surface area contributed by atoms with Crippen molar-refractivity contribution in [2.45, 2.75) is 25.9 Å². The van der Waals surface area contributed by atoms with Crippen molar-refractivity contribution in [2.24, 2.45) is 5.50 Å². The lowest BCUT2D eigenvalue weighted by Crippen LogP contribution is -2.15. The monoisotopic (exact) mass is 121 g/mol. The fourth-order valence-corrected chi connectivity index (χ4v) is 0. The molecule has 0 amide bonds. The topological polar surface area (TPSA) is 46.2 Å². The highest BCUT2D eigenvalue weighted by molar-refractivity contribution is 7.50. The molecule has 0 heterocycles. The lowest BCUT2D eigenvalue weighted by molar-refractivity contribution is 0.578. The van der Waals surface area contributed by atoms with Crippen LogP contribution in [0.4, 0.5) is 0 Å². The normalized spacial score (nSPS) is 16.7. The summed E-state index contributed by atoms with van der Waals surface area (Å²) in [7, 11) is -1.24. The minimum atomic E-state index is -1.24. The molecule has 0 aliphatic carbocycles. The Hall–Kier alpha value is 0.350. The maximum atomic E-state index is 8.73. The zero-order chi connectivity index (χ0) is 6.08. The van der Waals surface area contributed by atoms with Crippen LogP contribution in [0.15, 0.2) is 0 Å². The van der Waals surface area contributed by atoms with Gasteiger partial charge in [0.25, 0.3) is 0 Å². The van der Waals surface area contributed by atoms with Gasteiger partial charge in [-0.15, -0.1) is 0 Å². The number of hydrogen-bond acceptors (Lipinski definition) is 2. The van der Waals surface area contributed by atoms with Gasteiger partial charge in [0.1, 0.15) is 8.30 Å². The van der Waals surface area contributed by atoms with E-state index in [4.69, 9.17) is 10.4 Å². The van der Waals surface area contributed by atoms with E-state index in [-0.39, 0.29) is 5.16 Å². The summed E-state index contributed by atoms with van der Waals surface area (Å²) in [6.45, 7) is 5.75. The first-order valence-corrected chi connectivity index (χ1v) is 3.55. The predicted octanol–water partition coefficient (Wildman–Crippen LogP) is 1.05. The van der Waals surface area contributed by atoms with Crippen molar-refractivity contribution < 1.29 is 4.89 Å². The van der Waals surface area contributed by atoms with E-state index < -0.39 is 8.30 Å². The maximum absolute atomic E-state index is 8.73. The van der Waals surface area contributed by atoms with Gasteiger partial charge >= 0.3 is 0 Å². The van der Waals surface area contributed by atoms with Crippen molar-refractivity contribution in [1.29, 1.82) is 0 Å². The van der Waals surface area contributed by atoms with Gasteiger partial charge in [-0.05, 0) is 0 Å². The first-order chi connectivity index (χ1) is 2.94. The second-order valence-corrected chi connectivity index (χ2v) is 4.55. The molecule has 0 aromatic heterocycles. The summed E-state index contributed by atoms with van der Waals surface area (Å²) < 4.78 is 0. The Morgan fingerprint density at radius 2 is 1.57 bits per heavy atom. The quantitative estimate of drug-likeness (QED) is 0.470. The van der Waals surface area contributed by atoms with Crippen molar-refractivity contribution in [3.63, 3.8) is 0 Å². The van der Waals surface area contributed by atoms with Gasteiger partial charge in [0, 0.05) is 5.16 Å². The zero-order valence-corrected chi connectivity index (χ0v) is 5.87. The Morgan fingerprint density at radius 3 is 1.57 bits per heavy atom. The molecule has 0 radical (unpaired) electrons. The van der Waals surface area contributed by atoms with E-state index in [2.05, 4.69) is 0 Å². The number of nitrogens with two attached hydrogens (primary N) is 1. The van der Waals surface area contributed by atoms with Crippen LogP contribution in [0.25, 0.3) is 0 Å². The van der Waals surface area contributed by atoms with E-state index >= 15 is 0 Å². The molecular weight excluding hydrogens is 109 g/mol. The van der Waals surface area contributed by atoms with Crippen LogP contribution in [-0.4, -0.2) is 10.0 Å². The van der Waals surface area contributed by atoms with Crippen molar-refractivity contribution in [3.8, 4) is 0 Å². The summed E-state index contributed by atoms with van der Waals surface area (Å²) in [6.07, 6.45) is 0. The van der Waals surface area contributed by atoms with Crippen molar-refractivity contribution >= 4 is 8.30 Å². The fourth-order valence-electron chi connectivity index (χ4n) is 0. The van der Waals surface area contributed by atoms with Crippen LogP contribution in [0.3, 0.4) is 0 Å². The Labute approximate surface area is 45.6 Å². The first kappa shape index (κ1) is 7.35. The molecule has 0 aromatic rings. The highest BCUT2D eigenvalue weighted by Gasteiger charge is 2.17. The van der Waals surface area contributed by atoms with Gasteiger partial charge in [-0.3, -0.25) is 5.50 Å². The van der Waals surface area contributed by atoms with Gasteiger partial charge in [-0.1, -0.05) is 20.8 Å². The highest BCUT2D eigenvalue weighted by atomic mass is 31.2. The molecule has 0 bridgehead atoms. The largest absolute Gasteiger partial charge is 0.359 e. The minimum Gasteiger partial charge on any atom is -0.359 e. The standard InChI is InChI=1S/C4H12NOP/c1-4(2,3)7(5)6/h6H,5H2,1-3H3. The average Bonchev–Trinajstić information content (AvgIpc) is 1.31. The molecule has 3 heteroatoms. The Morgan fingerprint density at radius 1 is 1.43 bits per heavy atom. The summed E-state index contributed by atoms with van der Waals surface area (Å²) in [6, 6.07) is 0. The van der Waals surface area contributed by atoms with E-state index in [1.807, 2.05) is 20.8 Å². The predicted molar refractivity (Wildman–Crippen MR) is 33.1 cm³/mol. The molecule has 1 unspecified atom stereocenters. The van der Waals surface area contributed by atoms with E-state index in [1.54, 1.807) is 0 Å². The van der Waals surface area contributed by atoms with Gasteiger partial charge in [0.2, 0.25) is 0 Å². The zero-order valence-electron chi connectivity index (χ0n) is 4.97. The van der Waals surface area contributed by atoms with Crippen molar-refractivity contribution in [3.05, 3.63) is 0 Å². The van der Waals surface area contributed by atoms with Crippen LogP contribution in [0.5, 0.6) is 0 Å². The molecule has 0 saturated carbocycles. The third-order valence-electron chi connectivity index (χ3n) is 0.687. The SMILES string of the molecule is CC(C)(C)P(N)O. The molecule has 0 fully saturated rings. The summed E-state index contributed by atoms with van der Waals surface area (Å²) in [5.41, 5.74) is 5.19. The van der Waals surface area contributed by atoms with Gasteiger partial charge in [0.05, 0.1) is 0 Å². The Balaban J connectivity index is 3.54. The van der Waals surface area contributed by atoms with Crippen LogP contribution in [0.1, 0.15) is 20.8 Å². The second-order valence-electron chi connectivity index (χ2n) is 2.52. The second kappa shape index (κ2) is 2.08. The molecule has 0 saturated heterocycles. The van der Waals surface area contributed by atoms with E-state index in [0.29, 0.717) is 0 Å². The highest BCUT2D eigenvalue weighted by Crippen LogP contribution is 2.36. The van der Waals surface area contributed by atoms with E-state index in [1.165, 1.54) is 0 Å². The molecule has 0 aliphatic heterocycles. The Bertz CT molecular complexity index is 57.2. The maximum Gasteiger partial charge on any atom is 0.101 e. The molecule has 1 atom stereocenters. The minimum absolute atomic E-state index is 0.102. The summed E-state index contributed by atoms with van der Waals surface area (Å²) in [5.74, 6) is 0. The molecule has 2 nitrogen and oxygen atoms in total. The lowest BCUT2D eigenvalue weighted by atomic mass is 10.3. The molecule has 0 aliphatic rings. The summed E-state index contributed by atoms with van der Waals surface area (Å²) >= 11 is 0. The molecule has 0 spiro atoms. The van der Waals surface area contributed by atoms with Gasteiger partial charge in [0.15, 0.2) is 0 Å². The first-order valence-electron chi connectivity index (χ1n) is 2.18. The van der Waals surface area contributed by atoms with Crippen LogP contribution in [-0.2, 0) is 0 Å². The molecule has 0 rings (SSSR count). The number of hydrogen-bond donors (Lipinski definition) is 2. The number of rotatable bonds is 0. The molecule has 3 N–H and O–H groups in total. The molecule has 0 aromatic carbocycles. The Kier molecular flexibility index (Phi) is 2.18. The third-order valence-corrected chi connectivity index (χ3v) is 2.06. The summed E-state index contributed by atoms with van der Waals surface area (Å²) in [5, 5.41) is -0.102. The summed E-state index contributed by atoms with van der Waals surface area (Å²) in [4.78, 5) is 8.73. The van der Waals surface area contributed by atoms with Crippen molar-refractivity contribution in [1.82, 2.24) is 0 Å². The third kappa shape index (κ3) is 2.98. The molecule has 44 valence electrons. The van der Waals surface area contributed by atoms with Crippen LogP contribution in [0, 0.1) is 0 Å². The van der Waals surface area contributed by atoms with Crippen molar-refractivity contribution in [2.75, 3.05) is 0 Å². The van der Waals surface area contributed by atoms with Crippen LogP contribution < -0.4 is 5.50 Å². The average molecular weight is 121 g/mol. The van der Waals surface area contributed by atoms with E-state index in [0.717, 1.165) is 0 Å². The van der Waals surface area contributed by atoms with E-state index in [9.17, 15) is 0 Å². The van der Waals surface area contributed by atoms with Gasteiger partial charge < -0.3 is 4.89 Å². The fraction of sp³-hybridized carbons (Fsp3) is 1.00. The van der Waals surface area contributed by atoms with Gasteiger partial charge in [-0.25, -0.2) is 0 Å². The molecule has 7 heavy (non-hydrogen) atoms. The van der Waals surface area contributed by atoms with Gasteiger partial charge in [-0.2, -0.15) is 0 Å². The van der Waals surface area contributed by atoms with Crippen LogP contribution in [0.2, 0.25) is 0 Å².